The first kappa shape index (κ1) is 10.5. The highest BCUT2D eigenvalue weighted by Crippen LogP contribution is 2.32. The summed E-state index contributed by atoms with van der Waals surface area (Å²) in [6, 6.07) is 3.86. The first-order valence-corrected chi connectivity index (χ1v) is 4.95. The Hall–Kier alpha value is -2.06. The summed E-state index contributed by atoms with van der Waals surface area (Å²) in [5.41, 5.74) is 3.03. The van der Waals surface area contributed by atoms with Crippen LogP contribution in [0.4, 0.5) is 0 Å². The zero-order chi connectivity index (χ0) is 11.5. The van der Waals surface area contributed by atoms with Crippen LogP contribution >= 0.6 is 0 Å². The lowest BCUT2D eigenvalue weighted by Gasteiger charge is -2.08. The van der Waals surface area contributed by atoms with Crippen LogP contribution in [0.2, 0.25) is 0 Å². The second-order valence-electron chi connectivity index (χ2n) is 3.56. The van der Waals surface area contributed by atoms with Crippen molar-refractivity contribution in [1.82, 2.24) is 4.98 Å². The van der Waals surface area contributed by atoms with Gasteiger partial charge in [0.05, 0.1) is 13.7 Å². The van der Waals surface area contributed by atoms with Crippen LogP contribution in [-0.4, -0.2) is 18.2 Å². The Labute approximate surface area is 93.0 Å². The molecule has 0 fully saturated rings. The average molecular weight is 216 g/mol. The van der Waals surface area contributed by atoms with Crippen LogP contribution in [0, 0.1) is 6.92 Å². The van der Waals surface area contributed by atoms with Crippen molar-refractivity contribution in [2.45, 2.75) is 13.5 Å². The number of fused-ring (bicyclic) bond motifs is 1. The molecule has 4 heteroatoms. The third kappa shape index (κ3) is 1.59. The summed E-state index contributed by atoms with van der Waals surface area (Å²) in [4.78, 5) is 16.9. The van der Waals surface area contributed by atoms with Gasteiger partial charge < -0.3 is 9.72 Å². The van der Waals surface area contributed by atoms with Crippen LogP contribution < -0.4 is 4.74 Å². The quantitative estimate of drug-likeness (QED) is 0.632. The van der Waals surface area contributed by atoms with Crippen LogP contribution in [0.25, 0.3) is 10.9 Å². The van der Waals surface area contributed by atoms with Gasteiger partial charge in [-0.25, -0.2) is 9.79 Å². The van der Waals surface area contributed by atoms with Crippen LogP contribution in [0.3, 0.4) is 0 Å². The second-order valence-corrected chi connectivity index (χ2v) is 3.56. The molecule has 1 N–H and O–H groups in total. The number of ether oxygens (including phenoxy) is 1. The number of isocyanates is 1. The fourth-order valence-electron chi connectivity index (χ4n) is 1.87. The number of aliphatic imine (C=N–C) groups is 1. The molecular formula is C12H12N2O2. The minimum atomic E-state index is 0.299. The summed E-state index contributed by atoms with van der Waals surface area (Å²) in [6.07, 6.45) is 3.47. The topological polar surface area (TPSA) is 54.4 Å². The Bertz CT molecular complexity index is 566. The Morgan fingerprint density at radius 3 is 3.00 bits per heavy atom. The van der Waals surface area contributed by atoms with Crippen molar-refractivity contribution < 1.29 is 9.53 Å². The molecule has 0 aliphatic heterocycles. The molecule has 16 heavy (non-hydrogen) atoms. The molecule has 1 heterocycles. The molecule has 0 unspecified atom stereocenters. The van der Waals surface area contributed by atoms with E-state index in [-0.39, 0.29) is 0 Å². The summed E-state index contributed by atoms with van der Waals surface area (Å²) < 4.78 is 5.39. The number of aromatic nitrogens is 1. The number of carbonyl (C=O) groups excluding carboxylic acids is 1. The van der Waals surface area contributed by atoms with Gasteiger partial charge in [-0.05, 0) is 18.6 Å². The smallest absolute Gasteiger partial charge is 0.235 e. The number of benzene rings is 1. The lowest BCUT2D eigenvalue weighted by atomic mass is 10.1. The molecule has 0 aliphatic rings. The van der Waals surface area contributed by atoms with E-state index in [1.54, 1.807) is 7.11 Å². The van der Waals surface area contributed by atoms with E-state index in [1.165, 1.54) is 6.08 Å². The van der Waals surface area contributed by atoms with E-state index >= 15 is 0 Å². The predicted molar refractivity (Wildman–Crippen MR) is 61.4 cm³/mol. The zero-order valence-electron chi connectivity index (χ0n) is 9.20. The number of nitrogens with one attached hydrogen (secondary N) is 1. The Kier molecular flexibility index (Phi) is 2.75. The highest BCUT2D eigenvalue weighted by Gasteiger charge is 2.10. The van der Waals surface area contributed by atoms with Crippen LogP contribution in [-0.2, 0) is 11.3 Å². The first-order valence-electron chi connectivity index (χ1n) is 4.95. The largest absolute Gasteiger partial charge is 0.496 e. The molecule has 0 atom stereocenters. The number of hydrogen-bond acceptors (Lipinski definition) is 3. The number of methoxy groups -OCH3 is 1. The van der Waals surface area contributed by atoms with Gasteiger partial charge in [0.15, 0.2) is 0 Å². The van der Waals surface area contributed by atoms with Crippen LogP contribution in [0.5, 0.6) is 5.75 Å². The van der Waals surface area contributed by atoms with Gasteiger partial charge in [-0.15, -0.1) is 0 Å². The van der Waals surface area contributed by atoms with Gasteiger partial charge in [-0.1, -0.05) is 6.07 Å². The molecule has 0 aliphatic carbocycles. The van der Waals surface area contributed by atoms with Gasteiger partial charge in [-0.2, -0.15) is 0 Å². The summed E-state index contributed by atoms with van der Waals surface area (Å²) in [5.74, 6) is 0.773. The second kappa shape index (κ2) is 4.21. The molecular weight excluding hydrogens is 204 g/mol. The molecule has 0 radical (unpaired) electrons. The van der Waals surface area contributed by atoms with Gasteiger partial charge in [0.25, 0.3) is 0 Å². The molecule has 0 saturated heterocycles. The summed E-state index contributed by atoms with van der Waals surface area (Å²) in [5, 5.41) is 1.04. The summed E-state index contributed by atoms with van der Waals surface area (Å²) in [6.45, 7) is 2.31. The molecule has 0 spiro atoms. The van der Waals surface area contributed by atoms with E-state index in [2.05, 4.69) is 9.98 Å². The average Bonchev–Trinajstić information content (AvgIpc) is 2.68. The van der Waals surface area contributed by atoms with E-state index < -0.39 is 0 Å². The van der Waals surface area contributed by atoms with Crippen molar-refractivity contribution in [3.05, 3.63) is 29.5 Å². The third-order valence-electron chi connectivity index (χ3n) is 2.60. The van der Waals surface area contributed by atoms with Crippen molar-refractivity contribution >= 4 is 17.0 Å². The Morgan fingerprint density at radius 1 is 1.50 bits per heavy atom. The van der Waals surface area contributed by atoms with Gasteiger partial charge in [0, 0.05) is 22.7 Å². The normalized spacial score (nSPS) is 10.1. The van der Waals surface area contributed by atoms with Crippen LogP contribution in [0.1, 0.15) is 11.1 Å². The third-order valence-corrected chi connectivity index (χ3v) is 2.60. The standard InChI is InChI=1S/C12H12N2O2/c1-8-5-14-10-4-3-9(6-13-7-15)12(16-2)11(8)10/h3-5,14H,6H2,1-2H3. The molecule has 1 aromatic heterocycles. The number of aryl methyl sites for hydroxylation is 1. The minimum absolute atomic E-state index is 0.299. The maximum Gasteiger partial charge on any atom is 0.235 e. The maximum absolute atomic E-state index is 10.1. The van der Waals surface area contributed by atoms with E-state index in [9.17, 15) is 4.79 Å². The lowest BCUT2D eigenvalue weighted by molar-refractivity contribution is 0.415. The van der Waals surface area contributed by atoms with E-state index in [4.69, 9.17) is 4.74 Å². The van der Waals surface area contributed by atoms with Gasteiger partial charge in [0.1, 0.15) is 5.75 Å². The highest BCUT2D eigenvalue weighted by molar-refractivity contribution is 5.90. The van der Waals surface area contributed by atoms with E-state index in [1.807, 2.05) is 25.3 Å². The molecule has 2 aromatic rings. The van der Waals surface area contributed by atoms with Crippen molar-refractivity contribution in [3.63, 3.8) is 0 Å². The van der Waals surface area contributed by atoms with Crippen LogP contribution in [0.15, 0.2) is 23.3 Å². The number of rotatable bonds is 3. The Balaban J connectivity index is 2.65. The molecule has 2 rings (SSSR count). The predicted octanol–water partition coefficient (Wildman–Crippen LogP) is 2.32. The number of hydrogen-bond donors (Lipinski definition) is 1. The molecule has 1 aromatic carbocycles. The van der Waals surface area contributed by atoms with Crippen molar-refractivity contribution in [1.29, 1.82) is 0 Å². The molecule has 0 bridgehead atoms. The van der Waals surface area contributed by atoms with Crippen molar-refractivity contribution in [3.8, 4) is 5.75 Å². The van der Waals surface area contributed by atoms with Crippen molar-refractivity contribution in [2.24, 2.45) is 4.99 Å². The zero-order valence-corrected chi connectivity index (χ0v) is 9.20. The molecule has 4 nitrogen and oxygen atoms in total. The van der Waals surface area contributed by atoms with Gasteiger partial charge in [-0.3, -0.25) is 0 Å². The minimum Gasteiger partial charge on any atom is -0.496 e. The molecule has 0 saturated carbocycles. The monoisotopic (exact) mass is 216 g/mol. The SMILES string of the molecule is COc1c(CN=C=O)ccc2[nH]cc(C)c12. The molecule has 0 amide bonds. The maximum atomic E-state index is 10.1. The van der Waals surface area contributed by atoms with E-state index in [0.29, 0.717) is 6.54 Å². The summed E-state index contributed by atoms with van der Waals surface area (Å²) in [7, 11) is 1.62. The molecule has 82 valence electrons. The fraction of sp³-hybridized carbons (Fsp3) is 0.250. The summed E-state index contributed by atoms with van der Waals surface area (Å²) >= 11 is 0. The number of aromatic amines is 1. The highest BCUT2D eigenvalue weighted by atomic mass is 16.5. The van der Waals surface area contributed by atoms with Gasteiger partial charge in [0.2, 0.25) is 6.08 Å². The van der Waals surface area contributed by atoms with E-state index in [0.717, 1.165) is 27.8 Å². The van der Waals surface area contributed by atoms with Gasteiger partial charge >= 0.3 is 0 Å². The van der Waals surface area contributed by atoms with Crippen molar-refractivity contribution in [2.75, 3.05) is 7.11 Å². The number of H-pyrrole nitrogens is 1. The first-order chi connectivity index (χ1) is 7.77. The number of nitrogens with zero attached hydrogens (tertiary/aromatic N) is 1. The fourth-order valence-corrected chi connectivity index (χ4v) is 1.87. The Morgan fingerprint density at radius 2 is 2.31 bits per heavy atom. The lowest BCUT2D eigenvalue weighted by Crippen LogP contribution is -1.92.